The van der Waals surface area contributed by atoms with Crippen molar-refractivity contribution in [3.8, 4) is 5.75 Å². The van der Waals surface area contributed by atoms with E-state index in [1.807, 2.05) is 6.92 Å². The number of aromatic nitrogens is 1. The molecule has 1 aromatic heterocycles. The Kier molecular flexibility index (Phi) is 5.66. The molecule has 0 N–H and O–H groups in total. The lowest BCUT2D eigenvalue weighted by Crippen LogP contribution is -2.13. The second-order valence-corrected chi connectivity index (χ2v) is 6.88. The molecule has 0 unspecified atom stereocenters. The molecule has 1 heterocycles. The van der Waals surface area contributed by atoms with Crippen molar-refractivity contribution in [1.29, 1.82) is 0 Å². The molecule has 0 aliphatic rings. The summed E-state index contributed by atoms with van der Waals surface area (Å²) in [7, 11) is 0. The highest BCUT2D eigenvalue weighted by Gasteiger charge is 2.15. The fourth-order valence-electron chi connectivity index (χ4n) is 1.24. The van der Waals surface area contributed by atoms with Gasteiger partial charge in [0.05, 0.1) is 18.6 Å². The summed E-state index contributed by atoms with van der Waals surface area (Å²) in [5, 5.41) is 0. The molecule has 0 amide bonds. The summed E-state index contributed by atoms with van der Waals surface area (Å²) in [5.74, 6) is 1.25. The molecule has 0 aliphatic carbocycles. The molecule has 1 aromatic rings. The van der Waals surface area contributed by atoms with Crippen molar-refractivity contribution >= 4 is 17.5 Å². The van der Waals surface area contributed by atoms with Crippen molar-refractivity contribution in [1.82, 2.24) is 4.98 Å². The van der Waals surface area contributed by atoms with E-state index < -0.39 is 0 Å². The fourth-order valence-corrected chi connectivity index (χ4v) is 1.97. The van der Waals surface area contributed by atoms with E-state index in [9.17, 15) is 4.79 Å². The topological polar surface area (TPSA) is 39.2 Å². The molecule has 0 bridgehead atoms. The lowest BCUT2D eigenvalue weighted by atomic mass is 10.2. The molecule has 0 atom stereocenters. The Morgan fingerprint density at radius 1 is 1.39 bits per heavy atom. The van der Waals surface area contributed by atoms with Gasteiger partial charge < -0.3 is 4.74 Å². The summed E-state index contributed by atoms with van der Waals surface area (Å²) >= 11 is 1.64. The van der Waals surface area contributed by atoms with Crippen molar-refractivity contribution in [3.05, 3.63) is 24.0 Å². The van der Waals surface area contributed by atoms with E-state index in [0.717, 1.165) is 6.42 Å². The van der Waals surface area contributed by atoms with Crippen LogP contribution >= 0.6 is 11.8 Å². The van der Waals surface area contributed by atoms with Gasteiger partial charge >= 0.3 is 0 Å². The number of pyridine rings is 1. The zero-order valence-electron chi connectivity index (χ0n) is 11.5. The van der Waals surface area contributed by atoms with Crippen LogP contribution in [0.5, 0.6) is 5.75 Å². The summed E-state index contributed by atoms with van der Waals surface area (Å²) in [5.41, 5.74) is 0.625. The van der Waals surface area contributed by atoms with Crippen LogP contribution in [0.25, 0.3) is 0 Å². The molecular weight excluding hydrogens is 246 g/mol. The number of carbonyl (C=O) groups is 1. The monoisotopic (exact) mass is 267 g/mol. The third-order valence-corrected chi connectivity index (χ3v) is 3.42. The minimum atomic E-state index is 0.0966. The molecule has 0 saturated carbocycles. The molecule has 0 spiro atoms. The van der Waals surface area contributed by atoms with Gasteiger partial charge in [0.1, 0.15) is 5.75 Å². The summed E-state index contributed by atoms with van der Waals surface area (Å²) in [4.78, 5) is 16.0. The predicted octanol–water partition coefficient (Wildman–Crippen LogP) is 3.58. The zero-order valence-corrected chi connectivity index (χ0v) is 12.3. The molecule has 3 nitrogen and oxygen atoms in total. The van der Waals surface area contributed by atoms with Crippen LogP contribution in [-0.2, 0) is 0 Å². The van der Waals surface area contributed by atoms with Crippen molar-refractivity contribution in [2.75, 3.05) is 12.4 Å². The highest BCUT2D eigenvalue weighted by molar-refractivity contribution is 8.01. The third-order valence-electron chi connectivity index (χ3n) is 2.14. The first-order valence-corrected chi connectivity index (χ1v) is 7.16. The van der Waals surface area contributed by atoms with Crippen molar-refractivity contribution < 1.29 is 9.53 Å². The van der Waals surface area contributed by atoms with Crippen LogP contribution in [0.1, 0.15) is 44.5 Å². The molecule has 18 heavy (non-hydrogen) atoms. The second kappa shape index (κ2) is 6.78. The average Bonchev–Trinajstić information content (AvgIpc) is 2.33. The number of carbonyl (C=O) groups excluding carboxylic acids is 1. The van der Waals surface area contributed by atoms with Gasteiger partial charge in [-0.3, -0.25) is 9.78 Å². The SMILES string of the molecule is CCCOc1cncc(C(=O)CSC(C)(C)C)c1. The Labute approximate surface area is 113 Å². The average molecular weight is 267 g/mol. The van der Waals surface area contributed by atoms with E-state index in [0.29, 0.717) is 23.7 Å². The summed E-state index contributed by atoms with van der Waals surface area (Å²) in [6.45, 7) is 9.00. The second-order valence-electron chi connectivity index (χ2n) is 5.08. The first kappa shape index (κ1) is 15.0. The number of hydrogen-bond donors (Lipinski definition) is 0. The molecule has 0 fully saturated rings. The van der Waals surface area contributed by atoms with E-state index in [1.165, 1.54) is 0 Å². The predicted molar refractivity (Wildman–Crippen MR) is 76.6 cm³/mol. The highest BCUT2D eigenvalue weighted by atomic mass is 32.2. The third kappa shape index (κ3) is 5.54. The van der Waals surface area contributed by atoms with Crippen molar-refractivity contribution in [3.63, 3.8) is 0 Å². The first-order valence-electron chi connectivity index (χ1n) is 6.17. The maximum Gasteiger partial charge on any atom is 0.174 e. The Balaban J connectivity index is 2.62. The standard InChI is InChI=1S/C14H21NO2S/c1-5-6-17-12-7-11(8-15-9-12)13(16)10-18-14(2,3)4/h7-9H,5-6,10H2,1-4H3. The van der Waals surface area contributed by atoms with Gasteiger partial charge in [0.25, 0.3) is 0 Å². The minimum Gasteiger partial charge on any atom is -0.492 e. The van der Waals surface area contributed by atoms with E-state index >= 15 is 0 Å². The summed E-state index contributed by atoms with van der Waals surface area (Å²) in [6, 6.07) is 1.77. The molecule has 4 heteroatoms. The van der Waals surface area contributed by atoms with Crippen LogP contribution < -0.4 is 4.74 Å². The van der Waals surface area contributed by atoms with Crippen molar-refractivity contribution in [2.24, 2.45) is 0 Å². The summed E-state index contributed by atoms with van der Waals surface area (Å²) < 4.78 is 5.57. The number of ether oxygens (including phenoxy) is 1. The first-order chi connectivity index (χ1) is 8.42. The van der Waals surface area contributed by atoms with Gasteiger partial charge in [-0.15, -0.1) is 11.8 Å². The van der Waals surface area contributed by atoms with Gasteiger partial charge in [-0.1, -0.05) is 27.7 Å². The fraction of sp³-hybridized carbons (Fsp3) is 0.571. The van der Waals surface area contributed by atoms with Gasteiger partial charge in [0.2, 0.25) is 0 Å². The largest absolute Gasteiger partial charge is 0.492 e. The van der Waals surface area contributed by atoms with Gasteiger partial charge in [0, 0.05) is 16.5 Å². The highest BCUT2D eigenvalue weighted by Crippen LogP contribution is 2.24. The van der Waals surface area contributed by atoms with Crippen LogP contribution in [0.15, 0.2) is 18.5 Å². The maximum atomic E-state index is 12.0. The number of thioether (sulfide) groups is 1. The lowest BCUT2D eigenvalue weighted by molar-refractivity contribution is 0.102. The van der Waals surface area contributed by atoms with Gasteiger partial charge in [-0.25, -0.2) is 0 Å². The van der Waals surface area contributed by atoms with Crippen molar-refractivity contribution in [2.45, 2.75) is 38.9 Å². The number of nitrogens with zero attached hydrogens (tertiary/aromatic N) is 1. The Morgan fingerprint density at radius 3 is 2.72 bits per heavy atom. The van der Waals surface area contributed by atoms with Crippen LogP contribution in [-0.4, -0.2) is 27.9 Å². The Bertz CT molecular complexity index is 399. The number of Topliss-reactive ketones (excluding diaryl/α,β-unsaturated/α-hetero) is 1. The van der Waals surface area contributed by atoms with E-state index in [4.69, 9.17) is 4.74 Å². The number of rotatable bonds is 6. The molecule has 1 rings (SSSR count). The molecular formula is C14H21NO2S. The van der Waals surface area contributed by atoms with Gasteiger partial charge in [-0.2, -0.15) is 0 Å². The number of hydrogen-bond acceptors (Lipinski definition) is 4. The van der Waals surface area contributed by atoms with Gasteiger partial charge in [-0.05, 0) is 12.5 Å². The zero-order chi connectivity index (χ0) is 13.6. The quantitative estimate of drug-likeness (QED) is 0.738. The van der Waals surface area contributed by atoms with Crippen LogP contribution in [0.3, 0.4) is 0 Å². The molecule has 0 aliphatic heterocycles. The lowest BCUT2D eigenvalue weighted by Gasteiger charge is -2.16. The van der Waals surface area contributed by atoms with E-state index in [-0.39, 0.29) is 10.5 Å². The molecule has 0 aromatic carbocycles. The minimum absolute atomic E-state index is 0.0966. The van der Waals surface area contributed by atoms with Crippen LogP contribution in [0, 0.1) is 0 Å². The van der Waals surface area contributed by atoms with E-state index in [2.05, 4.69) is 25.8 Å². The van der Waals surface area contributed by atoms with Crippen LogP contribution in [0.2, 0.25) is 0 Å². The smallest absolute Gasteiger partial charge is 0.174 e. The molecule has 100 valence electrons. The normalized spacial score (nSPS) is 11.3. The maximum absolute atomic E-state index is 12.0. The summed E-state index contributed by atoms with van der Waals surface area (Å²) in [6.07, 6.45) is 4.19. The molecule has 0 saturated heterocycles. The van der Waals surface area contributed by atoms with Gasteiger partial charge in [0.15, 0.2) is 5.78 Å². The Hall–Kier alpha value is -1.03. The number of ketones is 1. The molecule has 0 radical (unpaired) electrons. The Morgan fingerprint density at radius 2 is 2.11 bits per heavy atom. The van der Waals surface area contributed by atoms with Crippen LogP contribution in [0.4, 0.5) is 0 Å². The van der Waals surface area contributed by atoms with E-state index in [1.54, 1.807) is 30.2 Å².